The fourth-order valence-corrected chi connectivity index (χ4v) is 2.67. The molecule has 9 heteroatoms. The van der Waals surface area contributed by atoms with Crippen LogP contribution >= 0.6 is 11.8 Å². The summed E-state index contributed by atoms with van der Waals surface area (Å²) in [6, 6.07) is 7.63. The third-order valence-electron chi connectivity index (χ3n) is 2.97. The van der Waals surface area contributed by atoms with E-state index in [-0.39, 0.29) is 0 Å². The molecule has 0 N–H and O–H groups in total. The van der Waals surface area contributed by atoms with Gasteiger partial charge in [-0.3, -0.25) is 0 Å². The number of aromatic nitrogens is 6. The minimum absolute atomic E-state index is 0.504. The Morgan fingerprint density at radius 2 is 1.96 bits per heavy atom. The molecular weight excluding hydrogens is 316 g/mol. The fourth-order valence-electron chi connectivity index (χ4n) is 1.95. The van der Waals surface area contributed by atoms with Crippen molar-refractivity contribution in [3.05, 3.63) is 36.0 Å². The Morgan fingerprint density at radius 3 is 2.74 bits per heavy atom. The number of tetrazole rings is 1. The molecule has 0 aliphatic carbocycles. The second-order valence-corrected chi connectivity index (χ2v) is 5.45. The third-order valence-corrected chi connectivity index (χ3v) is 3.87. The van der Waals surface area contributed by atoms with Crippen LogP contribution < -0.4 is 4.74 Å². The maximum absolute atomic E-state index is 5.63. The zero-order valence-corrected chi connectivity index (χ0v) is 13.7. The maximum atomic E-state index is 5.63. The average molecular weight is 332 g/mol. The molecule has 120 valence electrons. The van der Waals surface area contributed by atoms with Crippen LogP contribution in [0.2, 0.25) is 0 Å². The Labute approximate surface area is 137 Å². The van der Waals surface area contributed by atoms with E-state index in [0.29, 0.717) is 29.3 Å². The minimum Gasteiger partial charge on any atom is -0.492 e. The van der Waals surface area contributed by atoms with Gasteiger partial charge < -0.3 is 9.15 Å². The van der Waals surface area contributed by atoms with Crippen molar-refractivity contribution in [2.45, 2.75) is 31.2 Å². The van der Waals surface area contributed by atoms with E-state index in [1.807, 2.05) is 38.1 Å². The molecule has 0 spiro atoms. The molecule has 0 fully saturated rings. The van der Waals surface area contributed by atoms with Gasteiger partial charge >= 0.3 is 0 Å². The molecule has 0 atom stereocenters. The largest absolute Gasteiger partial charge is 0.492 e. The van der Waals surface area contributed by atoms with Crippen molar-refractivity contribution in [1.29, 1.82) is 0 Å². The number of hydrogen-bond donors (Lipinski definition) is 0. The summed E-state index contributed by atoms with van der Waals surface area (Å²) in [7, 11) is 0. The van der Waals surface area contributed by atoms with Gasteiger partial charge in [-0.15, -0.1) is 15.3 Å². The first-order valence-electron chi connectivity index (χ1n) is 7.26. The average Bonchev–Trinajstić information content (AvgIpc) is 3.22. The number of aryl methyl sites for hydroxylation is 1. The van der Waals surface area contributed by atoms with Crippen LogP contribution in [-0.2, 0) is 12.2 Å². The zero-order valence-electron chi connectivity index (χ0n) is 12.8. The molecule has 1 aromatic carbocycles. The summed E-state index contributed by atoms with van der Waals surface area (Å²) in [6.07, 6.45) is 0.719. The summed E-state index contributed by atoms with van der Waals surface area (Å²) in [5, 5.41) is 20.4. The molecule has 2 aromatic heterocycles. The lowest BCUT2D eigenvalue weighted by atomic mass is 10.3. The smallest absolute Gasteiger partial charge is 0.226 e. The van der Waals surface area contributed by atoms with Crippen LogP contribution in [0.4, 0.5) is 0 Å². The van der Waals surface area contributed by atoms with Crippen molar-refractivity contribution in [3.63, 3.8) is 0 Å². The number of thioether (sulfide) groups is 1. The van der Waals surface area contributed by atoms with Gasteiger partial charge in [0.1, 0.15) is 11.4 Å². The summed E-state index contributed by atoms with van der Waals surface area (Å²) in [6.45, 7) is 4.48. The van der Waals surface area contributed by atoms with Crippen molar-refractivity contribution in [2.75, 3.05) is 6.61 Å². The summed E-state index contributed by atoms with van der Waals surface area (Å²) in [5.41, 5.74) is 0.793. The highest BCUT2D eigenvalue weighted by Gasteiger charge is 2.14. The Balaban J connectivity index is 1.79. The number of ether oxygens (including phenoxy) is 1. The third kappa shape index (κ3) is 3.50. The van der Waals surface area contributed by atoms with Gasteiger partial charge in [-0.05, 0) is 29.5 Å². The van der Waals surface area contributed by atoms with E-state index in [0.717, 1.165) is 17.9 Å². The lowest BCUT2D eigenvalue weighted by Crippen LogP contribution is -2.03. The number of hydrogen-bond acceptors (Lipinski definition) is 8. The molecule has 0 saturated heterocycles. The van der Waals surface area contributed by atoms with Gasteiger partial charge in [0.15, 0.2) is 0 Å². The van der Waals surface area contributed by atoms with Crippen LogP contribution in [0.25, 0.3) is 5.69 Å². The monoisotopic (exact) mass is 332 g/mol. The van der Waals surface area contributed by atoms with E-state index in [1.165, 1.54) is 11.8 Å². The highest BCUT2D eigenvalue weighted by molar-refractivity contribution is 7.98. The first-order valence-corrected chi connectivity index (χ1v) is 8.25. The minimum atomic E-state index is 0.504. The highest BCUT2D eigenvalue weighted by atomic mass is 32.2. The molecule has 0 aliphatic heterocycles. The molecule has 23 heavy (non-hydrogen) atoms. The molecule has 0 radical (unpaired) electrons. The Hall–Kier alpha value is -2.42. The molecule has 0 unspecified atom stereocenters. The molecule has 0 bridgehead atoms. The van der Waals surface area contributed by atoms with E-state index < -0.39 is 0 Å². The van der Waals surface area contributed by atoms with E-state index >= 15 is 0 Å². The summed E-state index contributed by atoms with van der Waals surface area (Å²) in [5.74, 6) is 2.42. The topological polar surface area (TPSA) is 91.8 Å². The standard InChI is InChI=1S/C14H16N6O2S/c1-3-12-15-16-13(22-12)9-23-14-17-18-19-20(14)10-7-5-6-8-11(10)21-4-2/h5-8H,3-4,9H2,1-2H3. The quantitative estimate of drug-likeness (QED) is 0.609. The zero-order chi connectivity index (χ0) is 16.1. The number of benzene rings is 1. The van der Waals surface area contributed by atoms with Crippen molar-refractivity contribution < 1.29 is 9.15 Å². The summed E-state index contributed by atoms with van der Waals surface area (Å²) in [4.78, 5) is 0. The van der Waals surface area contributed by atoms with Gasteiger partial charge in [0.25, 0.3) is 0 Å². The van der Waals surface area contributed by atoms with Crippen molar-refractivity contribution in [1.82, 2.24) is 30.4 Å². The van der Waals surface area contributed by atoms with Crippen LogP contribution in [0.3, 0.4) is 0 Å². The van der Waals surface area contributed by atoms with Crippen molar-refractivity contribution in [2.24, 2.45) is 0 Å². The SMILES string of the molecule is CCOc1ccccc1-n1nnnc1SCc1nnc(CC)o1. The molecule has 8 nitrogen and oxygen atoms in total. The van der Waals surface area contributed by atoms with Gasteiger partial charge in [-0.1, -0.05) is 30.8 Å². The lowest BCUT2D eigenvalue weighted by Gasteiger charge is -2.10. The van der Waals surface area contributed by atoms with Gasteiger partial charge in [0.2, 0.25) is 16.9 Å². The van der Waals surface area contributed by atoms with Gasteiger partial charge in [-0.25, -0.2) is 0 Å². The normalized spacial score (nSPS) is 10.9. The molecule has 2 heterocycles. The molecule has 3 aromatic rings. The van der Waals surface area contributed by atoms with Crippen LogP contribution in [0.1, 0.15) is 25.6 Å². The molecule has 3 rings (SSSR count). The van der Waals surface area contributed by atoms with Crippen molar-refractivity contribution in [3.8, 4) is 11.4 Å². The summed E-state index contributed by atoms with van der Waals surface area (Å²) >= 11 is 1.43. The fraction of sp³-hybridized carbons (Fsp3) is 0.357. The second-order valence-electron chi connectivity index (χ2n) is 4.51. The van der Waals surface area contributed by atoms with Crippen LogP contribution in [0.15, 0.2) is 33.8 Å². The Bertz CT molecular complexity index is 772. The highest BCUT2D eigenvalue weighted by Crippen LogP contribution is 2.27. The molecule has 0 saturated carbocycles. The van der Waals surface area contributed by atoms with E-state index in [9.17, 15) is 0 Å². The lowest BCUT2D eigenvalue weighted by molar-refractivity contribution is 0.337. The maximum Gasteiger partial charge on any atom is 0.226 e. The van der Waals surface area contributed by atoms with Gasteiger partial charge in [0, 0.05) is 6.42 Å². The van der Waals surface area contributed by atoms with Crippen LogP contribution in [0, 0.1) is 0 Å². The number of nitrogens with zero attached hydrogens (tertiary/aromatic N) is 6. The second kappa shape index (κ2) is 7.23. The first kappa shape index (κ1) is 15.5. The van der Waals surface area contributed by atoms with E-state index in [1.54, 1.807) is 4.68 Å². The Morgan fingerprint density at radius 1 is 1.13 bits per heavy atom. The first-order chi connectivity index (χ1) is 11.3. The predicted octanol–water partition coefficient (Wildman–Crippen LogP) is 2.30. The van der Waals surface area contributed by atoms with Crippen molar-refractivity contribution >= 4 is 11.8 Å². The van der Waals surface area contributed by atoms with E-state index in [2.05, 4.69) is 25.7 Å². The number of rotatable bonds is 7. The molecule has 0 amide bonds. The van der Waals surface area contributed by atoms with Crippen LogP contribution in [-0.4, -0.2) is 37.0 Å². The number of para-hydroxylation sites is 2. The Kier molecular flexibility index (Phi) is 4.86. The molecular formula is C14H16N6O2S. The van der Waals surface area contributed by atoms with Crippen LogP contribution in [0.5, 0.6) is 5.75 Å². The van der Waals surface area contributed by atoms with E-state index in [4.69, 9.17) is 9.15 Å². The predicted molar refractivity (Wildman–Crippen MR) is 83.6 cm³/mol. The van der Waals surface area contributed by atoms with Gasteiger partial charge in [-0.2, -0.15) is 4.68 Å². The van der Waals surface area contributed by atoms with Gasteiger partial charge in [0.05, 0.1) is 12.4 Å². The summed E-state index contributed by atoms with van der Waals surface area (Å²) < 4.78 is 12.8. The molecule has 0 aliphatic rings.